The Morgan fingerprint density at radius 3 is 2.60 bits per heavy atom. The van der Waals surface area contributed by atoms with Crippen molar-refractivity contribution in [3.63, 3.8) is 0 Å². The molecule has 0 aliphatic carbocycles. The molecule has 6 nitrogen and oxygen atoms in total. The summed E-state index contributed by atoms with van der Waals surface area (Å²) in [6.45, 7) is 1.75. The van der Waals surface area contributed by atoms with E-state index < -0.39 is 0 Å². The van der Waals surface area contributed by atoms with Crippen LogP contribution in [-0.4, -0.2) is 56.7 Å². The highest BCUT2D eigenvalue weighted by Crippen LogP contribution is 2.38. The van der Waals surface area contributed by atoms with Gasteiger partial charge in [-0.2, -0.15) is 0 Å². The quantitative estimate of drug-likeness (QED) is 0.450. The number of hydrogen-bond acceptors (Lipinski definition) is 6. The Kier molecular flexibility index (Phi) is 7.90. The molecule has 8 heteroatoms. The van der Waals surface area contributed by atoms with Gasteiger partial charge in [0.2, 0.25) is 5.91 Å². The lowest BCUT2D eigenvalue weighted by atomic mass is 10.3. The number of amides is 1. The van der Waals surface area contributed by atoms with Gasteiger partial charge < -0.3 is 14.4 Å². The van der Waals surface area contributed by atoms with Gasteiger partial charge in [-0.15, -0.1) is 0 Å². The van der Waals surface area contributed by atoms with Gasteiger partial charge in [0, 0.05) is 6.54 Å². The lowest BCUT2D eigenvalue weighted by Gasteiger charge is -2.21. The van der Waals surface area contributed by atoms with Crippen LogP contribution in [0.1, 0.15) is 12.8 Å². The number of para-hydroxylation sites is 1. The monoisotopic (exact) mass is 447 g/mol. The van der Waals surface area contributed by atoms with Crippen LogP contribution in [0.15, 0.2) is 42.5 Å². The van der Waals surface area contributed by atoms with E-state index in [1.54, 1.807) is 24.1 Å². The van der Waals surface area contributed by atoms with E-state index in [4.69, 9.17) is 21.1 Å². The third kappa shape index (κ3) is 5.62. The van der Waals surface area contributed by atoms with Gasteiger partial charge in [-0.1, -0.05) is 41.1 Å². The van der Waals surface area contributed by atoms with Gasteiger partial charge in [0.25, 0.3) is 0 Å². The molecule has 0 saturated heterocycles. The minimum Gasteiger partial charge on any atom is -0.494 e. The maximum absolute atomic E-state index is 13.1. The van der Waals surface area contributed by atoms with Crippen molar-refractivity contribution < 1.29 is 14.3 Å². The first-order chi connectivity index (χ1) is 14.5. The molecule has 0 saturated carbocycles. The molecule has 3 rings (SSSR count). The number of carbonyl (C=O) groups is 1. The van der Waals surface area contributed by atoms with Gasteiger partial charge in [0.15, 0.2) is 5.13 Å². The molecule has 0 aliphatic heterocycles. The summed E-state index contributed by atoms with van der Waals surface area (Å²) >= 11 is 7.77. The fourth-order valence-electron chi connectivity index (χ4n) is 3.00. The average Bonchev–Trinajstić information content (AvgIpc) is 3.18. The molecule has 0 spiro atoms. The molecule has 0 aliphatic rings. The number of hydrogen-bond donors (Lipinski definition) is 0. The normalized spacial score (nSPS) is 11.1. The summed E-state index contributed by atoms with van der Waals surface area (Å²) in [5.74, 6) is 1.37. The SMILES string of the molecule is COc1ccc(Cl)c2sc(N(CCCN(C)C)C(=O)CCOc3ccccc3)nc12. The van der Waals surface area contributed by atoms with Crippen molar-refractivity contribution in [1.29, 1.82) is 0 Å². The van der Waals surface area contributed by atoms with E-state index in [-0.39, 0.29) is 12.3 Å². The maximum Gasteiger partial charge on any atom is 0.232 e. The molecule has 30 heavy (non-hydrogen) atoms. The van der Waals surface area contributed by atoms with Gasteiger partial charge in [-0.3, -0.25) is 9.69 Å². The molecule has 0 fully saturated rings. The number of rotatable bonds is 10. The molecule has 0 bridgehead atoms. The van der Waals surface area contributed by atoms with Crippen LogP contribution < -0.4 is 14.4 Å². The minimum absolute atomic E-state index is 0.0289. The first kappa shape index (κ1) is 22.3. The summed E-state index contributed by atoms with van der Waals surface area (Å²) in [5.41, 5.74) is 0.677. The zero-order valence-electron chi connectivity index (χ0n) is 17.4. The van der Waals surface area contributed by atoms with E-state index in [9.17, 15) is 4.79 Å². The highest BCUT2D eigenvalue weighted by Gasteiger charge is 2.22. The second-order valence-electron chi connectivity index (χ2n) is 7.04. The van der Waals surface area contributed by atoms with Crippen LogP contribution in [0.2, 0.25) is 5.02 Å². The molecular weight excluding hydrogens is 422 g/mol. The second kappa shape index (κ2) is 10.6. The van der Waals surface area contributed by atoms with Crippen LogP contribution in [0.3, 0.4) is 0 Å². The summed E-state index contributed by atoms with van der Waals surface area (Å²) in [5, 5.41) is 1.22. The number of thiazole rings is 1. The maximum atomic E-state index is 13.1. The fraction of sp³-hybridized carbons (Fsp3) is 0.364. The fourth-order valence-corrected chi connectivity index (χ4v) is 4.30. The largest absolute Gasteiger partial charge is 0.494 e. The number of benzene rings is 2. The van der Waals surface area contributed by atoms with Crippen LogP contribution in [0.4, 0.5) is 5.13 Å². The predicted octanol–water partition coefficient (Wildman–Crippen LogP) is 4.71. The average molecular weight is 448 g/mol. The third-order valence-electron chi connectivity index (χ3n) is 4.51. The molecule has 0 atom stereocenters. The van der Waals surface area contributed by atoms with Crippen LogP contribution in [0.5, 0.6) is 11.5 Å². The van der Waals surface area contributed by atoms with Crippen molar-refractivity contribution >= 4 is 44.2 Å². The Morgan fingerprint density at radius 1 is 1.13 bits per heavy atom. The Balaban J connectivity index is 1.78. The van der Waals surface area contributed by atoms with E-state index >= 15 is 0 Å². The lowest BCUT2D eigenvalue weighted by Crippen LogP contribution is -2.34. The standard InChI is InChI=1S/C22H26ClN3O3S/c1-25(2)13-7-14-26(19(27)12-15-29-16-8-5-4-6-9-16)22-24-20-18(28-3)11-10-17(23)21(20)30-22/h4-6,8-11H,7,12-15H2,1-3H3. The number of halogens is 1. The number of methoxy groups -OCH3 is 1. The molecule has 0 N–H and O–H groups in total. The first-order valence-electron chi connectivity index (χ1n) is 9.75. The van der Waals surface area contributed by atoms with Gasteiger partial charge in [-0.05, 0) is 51.3 Å². The lowest BCUT2D eigenvalue weighted by molar-refractivity contribution is -0.119. The highest BCUT2D eigenvalue weighted by molar-refractivity contribution is 7.23. The topological polar surface area (TPSA) is 54.9 Å². The Hall–Kier alpha value is -2.35. The van der Waals surface area contributed by atoms with Gasteiger partial charge in [0.1, 0.15) is 17.0 Å². The predicted molar refractivity (Wildman–Crippen MR) is 123 cm³/mol. The number of nitrogens with zero attached hydrogens (tertiary/aromatic N) is 3. The smallest absolute Gasteiger partial charge is 0.232 e. The summed E-state index contributed by atoms with van der Waals surface area (Å²) in [6, 6.07) is 13.1. The second-order valence-corrected chi connectivity index (χ2v) is 8.42. The molecule has 3 aromatic rings. The molecule has 160 valence electrons. The molecule has 1 heterocycles. The van der Waals surface area contributed by atoms with Gasteiger partial charge in [-0.25, -0.2) is 4.98 Å². The van der Waals surface area contributed by atoms with Gasteiger partial charge in [0.05, 0.1) is 29.9 Å². The Morgan fingerprint density at radius 2 is 1.90 bits per heavy atom. The van der Waals surface area contributed by atoms with Crippen LogP contribution >= 0.6 is 22.9 Å². The van der Waals surface area contributed by atoms with Crippen molar-refractivity contribution in [1.82, 2.24) is 9.88 Å². The number of anilines is 1. The summed E-state index contributed by atoms with van der Waals surface area (Å²) in [6.07, 6.45) is 1.09. The summed E-state index contributed by atoms with van der Waals surface area (Å²) in [7, 11) is 5.63. The Labute approximate surface area is 186 Å². The first-order valence-corrected chi connectivity index (χ1v) is 10.9. The number of fused-ring (bicyclic) bond motifs is 1. The minimum atomic E-state index is -0.0289. The third-order valence-corrected chi connectivity index (χ3v) is 6.05. The molecule has 0 radical (unpaired) electrons. The molecule has 1 amide bonds. The number of carbonyl (C=O) groups excluding carboxylic acids is 1. The van der Waals surface area contributed by atoms with Crippen molar-refractivity contribution in [2.75, 3.05) is 45.8 Å². The van der Waals surface area contributed by atoms with Crippen LogP contribution in [-0.2, 0) is 4.79 Å². The van der Waals surface area contributed by atoms with Crippen molar-refractivity contribution in [2.45, 2.75) is 12.8 Å². The summed E-state index contributed by atoms with van der Waals surface area (Å²) < 4.78 is 11.9. The van der Waals surface area contributed by atoms with Crippen molar-refractivity contribution in [2.24, 2.45) is 0 Å². The zero-order valence-corrected chi connectivity index (χ0v) is 19.0. The van der Waals surface area contributed by atoms with Crippen LogP contribution in [0, 0.1) is 0 Å². The van der Waals surface area contributed by atoms with E-state index in [1.165, 1.54) is 11.3 Å². The molecule has 2 aromatic carbocycles. The van der Waals surface area contributed by atoms with Crippen LogP contribution in [0.25, 0.3) is 10.2 Å². The molecule has 0 unspecified atom stereocenters. The zero-order chi connectivity index (χ0) is 21.5. The van der Waals surface area contributed by atoms with E-state index in [0.29, 0.717) is 34.6 Å². The van der Waals surface area contributed by atoms with E-state index in [0.717, 1.165) is 23.4 Å². The molecule has 1 aromatic heterocycles. The Bertz CT molecular complexity index is 978. The summed E-state index contributed by atoms with van der Waals surface area (Å²) in [4.78, 5) is 21.6. The van der Waals surface area contributed by atoms with E-state index in [1.807, 2.05) is 44.4 Å². The van der Waals surface area contributed by atoms with E-state index in [2.05, 4.69) is 9.88 Å². The van der Waals surface area contributed by atoms with Crippen molar-refractivity contribution in [3.05, 3.63) is 47.5 Å². The van der Waals surface area contributed by atoms with Crippen molar-refractivity contribution in [3.8, 4) is 11.5 Å². The highest BCUT2D eigenvalue weighted by atomic mass is 35.5. The number of ether oxygens (including phenoxy) is 2. The van der Waals surface area contributed by atoms with Gasteiger partial charge >= 0.3 is 0 Å². The molecular formula is C22H26ClN3O3S. The number of aromatic nitrogens is 1.